The van der Waals surface area contributed by atoms with Crippen LogP contribution in [0.4, 0.5) is 0 Å². The Morgan fingerprint density at radius 2 is 1.54 bits per heavy atom. The molecule has 0 radical (unpaired) electrons. The lowest BCUT2D eigenvalue weighted by atomic mass is 9.81. The van der Waals surface area contributed by atoms with Gasteiger partial charge in [-0.1, -0.05) is 31.4 Å². The summed E-state index contributed by atoms with van der Waals surface area (Å²) in [4.78, 5) is 28.7. The standard InChI is InChI=1S/C18H25N3O3/c19-18(8-4-1-5-9-18)17(24)21-12-10-20(11-13-21)16(23)14-6-2-3-7-15(14)22/h2-3,6-7,22H,1,4-5,8-13,19H2. The quantitative estimate of drug-likeness (QED) is 0.856. The van der Waals surface area contributed by atoms with Crippen molar-refractivity contribution in [2.24, 2.45) is 5.73 Å². The molecule has 0 unspecified atom stereocenters. The third kappa shape index (κ3) is 3.24. The largest absolute Gasteiger partial charge is 0.507 e. The summed E-state index contributed by atoms with van der Waals surface area (Å²) in [5.41, 5.74) is 5.92. The smallest absolute Gasteiger partial charge is 0.257 e. The lowest BCUT2D eigenvalue weighted by Gasteiger charge is -2.41. The molecule has 3 N–H and O–H groups in total. The van der Waals surface area contributed by atoms with E-state index in [4.69, 9.17) is 5.73 Å². The SMILES string of the molecule is NC1(C(=O)N2CCN(C(=O)c3ccccc3O)CC2)CCCCC1. The van der Waals surface area contributed by atoms with E-state index < -0.39 is 5.54 Å². The van der Waals surface area contributed by atoms with Crippen molar-refractivity contribution < 1.29 is 14.7 Å². The number of hydrogen-bond donors (Lipinski definition) is 2. The molecule has 1 saturated heterocycles. The maximum atomic E-state index is 12.7. The second kappa shape index (κ2) is 6.81. The lowest BCUT2D eigenvalue weighted by Crippen LogP contribution is -2.60. The molecule has 0 atom stereocenters. The van der Waals surface area contributed by atoms with Crippen LogP contribution in [-0.2, 0) is 4.79 Å². The summed E-state index contributed by atoms with van der Waals surface area (Å²) >= 11 is 0. The van der Waals surface area contributed by atoms with Crippen LogP contribution in [-0.4, -0.2) is 58.4 Å². The van der Waals surface area contributed by atoms with Crippen molar-refractivity contribution in [2.45, 2.75) is 37.6 Å². The number of phenols is 1. The average molecular weight is 331 g/mol. The Labute approximate surface area is 142 Å². The number of para-hydroxylation sites is 1. The van der Waals surface area contributed by atoms with E-state index in [0.29, 0.717) is 31.7 Å². The number of nitrogens with two attached hydrogens (primary N) is 1. The van der Waals surface area contributed by atoms with E-state index in [1.165, 1.54) is 6.07 Å². The molecule has 0 aromatic heterocycles. The summed E-state index contributed by atoms with van der Waals surface area (Å²) in [6, 6.07) is 6.54. The van der Waals surface area contributed by atoms with Crippen molar-refractivity contribution in [1.82, 2.24) is 9.80 Å². The van der Waals surface area contributed by atoms with Gasteiger partial charge in [0, 0.05) is 26.2 Å². The highest BCUT2D eigenvalue weighted by Crippen LogP contribution is 2.28. The summed E-state index contributed by atoms with van der Waals surface area (Å²) in [6.07, 6.45) is 4.67. The van der Waals surface area contributed by atoms with Crippen LogP contribution < -0.4 is 5.73 Å². The molecule has 3 rings (SSSR count). The van der Waals surface area contributed by atoms with Crippen LogP contribution in [0.3, 0.4) is 0 Å². The minimum atomic E-state index is -0.720. The van der Waals surface area contributed by atoms with Crippen LogP contribution in [0, 0.1) is 0 Å². The van der Waals surface area contributed by atoms with Crippen LogP contribution in [0.5, 0.6) is 5.75 Å². The first-order chi connectivity index (χ1) is 11.5. The Morgan fingerprint density at radius 3 is 2.17 bits per heavy atom. The third-order valence-electron chi connectivity index (χ3n) is 5.16. The third-order valence-corrected chi connectivity index (χ3v) is 5.16. The van der Waals surface area contributed by atoms with Crippen molar-refractivity contribution >= 4 is 11.8 Å². The van der Waals surface area contributed by atoms with Crippen LogP contribution in [0.2, 0.25) is 0 Å². The van der Waals surface area contributed by atoms with Crippen LogP contribution in [0.25, 0.3) is 0 Å². The van der Waals surface area contributed by atoms with Crippen molar-refractivity contribution in [2.75, 3.05) is 26.2 Å². The summed E-state index contributed by atoms with van der Waals surface area (Å²) < 4.78 is 0. The van der Waals surface area contributed by atoms with Gasteiger partial charge in [0.25, 0.3) is 5.91 Å². The minimum Gasteiger partial charge on any atom is -0.507 e. The second-order valence-electron chi connectivity index (χ2n) is 6.82. The van der Waals surface area contributed by atoms with Gasteiger partial charge in [-0.25, -0.2) is 0 Å². The zero-order chi connectivity index (χ0) is 17.2. The second-order valence-corrected chi connectivity index (χ2v) is 6.82. The highest BCUT2D eigenvalue weighted by atomic mass is 16.3. The minimum absolute atomic E-state index is 0.0101. The molecule has 24 heavy (non-hydrogen) atoms. The predicted octanol–water partition coefficient (Wildman–Crippen LogP) is 1.34. The molecule has 6 nitrogen and oxygen atoms in total. The van der Waals surface area contributed by atoms with E-state index in [0.717, 1.165) is 32.1 Å². The lowest BCUT2D eigenvalue weighted by molar-refractivity contribution is -0.139. The fourth-order valence-corrected chi connectivity index (χ4v) is 3.65. The van der Waals surface area contributed by atoms with E-state index in [-0.39, 0.29) is 17.6 Å². The van der Waals surface area contributed by atoms with Gasteiger partial charge in [0.05, 0.1) is 11.1 Å². The Balaban J connectivity index is 1.60. The zero-order valence-electron chi connectivity index (χ0n) is 13.9. The Bertz CT molecular complexity index is 618. The maximum Gasteiger partial charge on any atom is 0.257 e. The fourth-order valence-electron chi connectivity index (χ4n) is 3.65. The van der Waals surface area contributed by atoms with Crippen molar-refractivity contribution in [3.05, 3.63) is 29.8 Å². The number of benzene rings is 1. The number of hydrogen-bond acceptors (Lipinski definition) is 4. The molecule has 130 valence electrons. The molecule has 6 heteroatoms. The number of amides is 2. The van der Waals surface area contributed by atoms with Gasteiger partial charge in [-0.3, -0.25) is 9.59 Å². The molecular formula is C18H25N3O3. The Hall–Kier alpha value is -2.08. The summed E-state index contributed by atoms with van der Waals surface area (Å²) in [5.74, 6) is -0.179. The van der Waals surface area contributed by atoms with Gasteiger partial charge in [0.2, 0.25) is 5.91 Å². The number of piperazine rings is 1. The van der Waals surface area contributed by atoms with Gasteiger partial charge >= 0.3 is 0 Å². The molecule has 1 saturated carbocycles. The molecule has 1 aromatic rings. The van der Waals surface area contributed by atoms with Gasteiger partial charge in [0.15, 0.2) is 0 Å². The molecule has 1 aliphatic heterocycles. The van der Waals surface area contributed by atoms with Gasteiger partial charge < -0.3 is 20.6 Å². The Morgan fingerprint density at radius 1 is 0.958 bits per heavy atom. The topological polar surface area (TPSA) is 86.9 Å². The van der Waals surface area contributed by atoms with Crippen LogP contribution in [0.1, 0.15) is 42.5 Å². The molecule has 0 spiro atoms. The first-order valence-electron chi connectivity index (χ1n) is 8.67. The molecule has 0 bridgehead atoms. The highest BCUT2D eigenvalue weighted by Gasteiger charge is 2.39. The van der Waals surface area contributed by atoms with E-state index in [2.05, 4.69) is 0 Å². The first kappa shape index (κ1) is 16.8. The summed E-state index contributed by atoms with van der Waals surface area (Å²) in [5, 5.41) is 9.83. The zero-order valence-corrected chi connectivity index (χ0v) is 13.9. The number of carbonyl (C=O) groups is 2. The van der Waals surface area contributed by atoms with Crippen molar-refractivity contribution in [3.63, 3.8) is 0 Å². The number of carbonyl (C=O) groups excluding carboxylic acids is 2. The number of rotatable bonds is 2. The Kier molecular flexibility index (Phi) is 4.76. The first-order valence-corrected chi connectivity index (χ1v) is 8.67. The molecule has 1 aliphatic carbocycles. The van der Waals surface area contributed by atoms with E-state index in [1.54, 1.807) is 28.0 Å². The van der Waals surface area contributed by atoms with E-state index in [1.807, 2.05) is 0 Å². The van der Waals surface area contributed by atoms with E-state index >= 15 is 0 Å². The number of phenolic OH excluding ortho intramolecular Hbond substituents is 1. The van der Waals surface area contributed by atoms with Gasteiger partial charge in [-0.15, -0.1) is 0 Å². The molecule has 2 amide bonds. The van der Waals surface area contributed by atoms with E-state index in [9.17, 15) is 14.7 Å². The molecule has 1 aromatic carbocycles. The molecular weight excluding hydrogens is 306 g/mol. The van der Waals surface area contributed by atoms with Gasteiger partial charge in [-0.05, 0) is 25.0 Å². The maximum absolute atomic E-state index is 12.7. The van der Waals surface area contributed by atoms with Gasteiger partial charge in [-0.2, -0.15) is 0 Å². The highest BCUT2D eigenvalue weighted by molar-refractivity contribution is 5.97. The monoisotopic (exact) mass is 331 g/mol. The van der Waals surface area contributed by atoms with Crippen LogP contribution >= 0.6 is 0 Å². The molecule has 1 heterocycles. The number of aromatic hydroxyl groups is 1. The molecule has 2 fully saturated rings. The average Bonchev–Trinajstić information content (AvgIpc) is 2.62. The van der Waals surface area contributed by atoms with Crippen LogP contribution in [0.15, 0.2) is 24.3 Å². The fraction of sp³-hybridized carbons (Fsp3) is 0.556. The predicted molar refractivity (Wildman–Crippen MR) is 90.6 cm³/mol. The van der Waals surface area contributed by atoms with Crippen molar-refractivity contribution in [3.8, 4) is 5.75 Å². The summed E-state index contributed by atoms with van der Waals surface area (Å²) in [6.45, 7) is 1.93. The normalized spacial score (nSPS) is 20.7. The number of nitrogens with zero attached hydrogens (tertiary/aromatic N) is 2. The van der Waals surface area contributed by atoms with Crippen molar-refractivity contribution in [1.29, 1.82) is 0 Å². The molecule has 2 aliphatic rings. The summed E-state index contributed by atoms with van der Waals surface area (Å²) in [7, 11) is 0. The van der Waals surface area contributed by atoms with Gasteiger partial charge in [0.1, 0.15) is 5.75 Å².